The number of esters is 1. The van der Waals surface area contributed by atoms with Gasteiger partial charge in [-0.3, -0.25) is 9.36 Å². The first kappa shape index (κ1) is 16.7. The van der Waals surface area contributed by atoms with Gasteiger partial charge in [0.05, 0.1) is 19.4 Å². The molecule has 6 nitrogen and oxygen atoms in total. The quantitative estimate of drug-likeness (QED) is 0.562. The summed E-state index contributed by atoms with van der Waals surface area (Å²) < 4.78 is 22.9. The molecule has 0 aliphatic rings. The molecule has 1 aromatic rings. The van der Waals surface area contributed by atoms with Gasteiger partial charge in [-0.05, 0) is 26.0 Å². The number of ether oxygens (including phenoxy) is 1. The fourth-order valence-electron chi connectivity index (χ4n) is 1.53. The zero-order chi connectivity index (χ0) is 15.0. The van der Waals surface area contributed by atoms with Crippen LogP contribution in [0.5, 0.6) is 5.75 Å². The van der Waals surface area contributed by atoms with Crippen LogP contribution in [0.15, 0.2) is 30.3 Å². The zero-order valence-corrected chi connectivity index (χ0v) is 12.5. The van der Waals surface area contributed by atoms with Gasteiger partial charge < -0.3 is 14.4 Å². The minimum atomic E-state index is -3.38. The summed E-state index contributed by atoms with van der Waals surface area (Å²) in [5, 5.41) is 11.7. The van der Waals surface area contributed by atoms with E-state index in [1.807, 2.05) is 0 Å². The molecule has 0 fully saturated rings. The number of aliphatic hydroxyl groups is 1. The van der Waals surface area contributed by atoms with Crippen LogP contribution in [0.25, 0.3) is 0 Å². The molecule has 0 radical (unpaired) electrons. The van der Waals surface area contributed by atoms with Gasteiger partial charge in [0.2, 0.25) is 0 Å². The molecule has 0 aliphatic heterocycles. The molecule has 112 valence electrons. The molecule has 0 saturated heterocycles. The Morgan fingerprint density at radius 2 is 2.05 bits per heavy atom. The lowest BCUT2D eigenvalue weighted by molar-refractivity contribution is -0.144. The topological polar surface area (TPSA) is 84.9 Å². The van der Waals surface area contributed by atoms with Crippen LogP contribution in [0.4, 0.5) is 0 Å². The van der Waals surface area contributed by atoms with E-state index < -0.39 is 19.5 Å². The van der Waals surface area contributed by atoms with Crippen molar-refractivity contribution in [2.75, 3.05) is 19.4 Å². The fraction of sp³-hybridized carbons (Fsp3) is 0.462. The van der Waals surface area contributed by atoms with E-state index in [0.29, 0.717) is 5.75 Å². The molecule has 1 aromatic carbocycles. The van der Waals surface area contributed by atoms with Crippen molar-refractivity contribution in [3.63, 3.8) is 0 Å². The lowest BCUT2D eigenvalue weighted by Gasteiger charge is -2.22. The zero-order valence-electron chi connectivity index (χ0n) is 11.6. The highest BCUT2D eigenvalue weighted by Crippen LogP contribution is 2.43. The summed E-state index contributed by atoms with van der Waals surface area (Å²) in [6.07, 6.45) is -0.0916. The van der Waals surface area contributed by atoms with E-state index >= 15 is 0 Å². The highest BCUT2D eigenvalue weighted by molar-refractivity contribution is 7.57. The maximum atomic E-state index is 12.6. The van der Waals surface area contributed by atoms with Crippen LogP contribution in [-0.4, -0.2) is 36.5 Å². The number of para-hydroxylation sites is 1. The van der Waals surface area contributed by atoms with Crippen molar-refractivity contribution in [1.29, 1.82) is 0 Å². The van der Waals surface area contributed by atoms with Crippen LogP contribution >= 0.6 is 7.52 Å². The monoisotopic (exact) mass is 301 g/mol. The summed E-state index contributed by atoms with van der Waals surface area (Å²) in [4.78, 5) is 11.6. The maximum absolute atomic E-state index is 12.6. The average molecular weight is 301 g/mol. The summed E-state index contributed by atoms with van der Waals surface area (Å²) in [5.41, 5.74) is 0. The van der Waals surface area contributed by atoms with E-state index in [9.17, 15) is 9.36 Å². The second kappa shape index (κ2) is 8.04. The van der Waals surface area contributed by atoms with Gasteiger partial charge in [-0.25, -0.2) is 5.09 Å². The van der Waals surface area contributed by atoms with E-state index in [2.05, 4.69) is 5.09 Å². The lowest BCUT2D eigenvalue weighted by Crippen LogP contribution is -2.35. The van der Waals surface area contributed by atoms with E-state index in [1.165, 1.54) is 6.92 Å². The van der Waals surface area contributed by atoms with Gasteiger partial charge in [-0.15, -0.1) is 0 Å². The third-order valence-corrected chi connectivity index (χ3v) is 4.50. The second-order valence-corrected chi connectivity index (χ2v) is 6.36. The predicted octanol–water partition coefficient (Wildman–Crippen LogP) is 1.79. The average Bonchev–Trinajstić information content (AvgIpc) is 2.40. The number of nitrogens with one attached hydrogen (secondary N) is 1. The first-order chi connectivity index (χ1) is 9.50. The molecular weight excluding hydrogens is 281 g/mol. The molecular formula is C13H20NO5P. The molecule has 20 heavy (non-hydrogen) atoms. The van der Waals surface area contributed by atoms with Gasteiger partial charge >= 0.3 is 13.5 Å². The number of hydrogen-bond acceptors (Lipinski definition) is 5. The van der Waals surface area contributed by atoms with Crippen LogP contribution < -0.4 is 9.61 Å². The number of benzene rings is 1. The van der Waals surface area contributed by atoms with Crippen molar-refractivity contribution >= 4 is 13.5 Å². The van der Waals surface area contributed by atoms with Crippen molar-refractivity contribution < 1.29 is 23.7 Å². The highest BCUT2D eigenvalue weighted by atomic mass is 31.2. The van der Waals surface area contributed by atoms with Crippen molar-refractivity contribution in [2.24, 2.45) is 0 Å². The molecule has 0 saturated carbocycles. The van der Waals surface area contributed by atoms with Crippen LogP contribution in [0.1, 0.15) is 13.8 Å². The first-order valence-corrected chi connectivity index (χ1v) is 8.20. The van der Waals surface area contributed by atoms with Crippen LogP contribution in [0.3, 0.4) is 0 Å². The lowest BCUT2D eigenvalue weighted by atomic mass is 10.3. The van der Waals surface area contributed by atoms with Crippen molar-refractivity contribution in [3.8, 4) is 5.75 Å². The smallest absolute Gasteiger partial charge is 0.323 e. The highest BCUT2D eigenvalue weighted by Gasteiger charge is 2.29. The van der Waals surface area contributed by atoms with Gasteiger partial charge in [0.15, 0.2) is 0 Å². The van der Waals surface area contributed by atoms with Gasteiger partial charge in [-0.1, -0.05) is 18.2 Å². The predicted molar refractivity (Wildman–Crippen MR) is 75.9 cm³/mol. The number of hydrogen-bond donors (Lipinski definition) is 2. The molecule has 1 rings (SSSR count). The standard InChI is InChI=1S/C13H20NO5P/c1-3-18-13(16)11(2)14-20(17,10-9-15)19-12-7-5-4-6-8-12/h4-8,11,15H,3,9-10H2,1-2H3,(H,14,17). The summed E-state index contributed by atoms with van der Waals surface area (Å²) in [7, 11) is -3.38. The van der Waals surface area contributed by atoms with Crippen molar-refractivity contribution in [3.05, 3.63) is 30.3 Å². The van der Waals surface area contributed by atoms with Crippen LogP contribution in [-0.2, 0) is 14.1 Å². The summed E-state index contributed by atoms with van der Waals surface area (Å²) in [5.74, 6) is -0.102. The molecule has 0 bridgehead atoms. The third-order valence-electron chi connectivity index (χ3n) is 2.42. The number of rotatable bonds is 8. The molecule has 2 atom stereocenters. The van der Waals surface area contributed by atoms with E-state index in [1.54, 1.807) is 37.3 Å². The minimum Gasteiger partial charge on any atom is -0.465 e. The van der Waals surface area contributed by atoms with Crippen molar-refractivity contribution in [1.82, 2.24) is 5.09 Å². The molecule has 0 amide bonds. The normalized spacial score (nSPS) is 15.2. The van der Waals surface area contributed by atoms with Crippen molar-refractivity contribution in [2.45, 2.75) is 19.9 Å². The molecule has 0 aromatic heterocycles. The van der Waals surface area contributed by atoms with Crippen LogP contribution in [0.2, 0.25) is 0 Å². The Morgan fingerprint density at radius 3 is 2.60 bits per heavy atom. The summed E-state index contributed by atoms with van der Waals surface area (Å²) in [6, 6.07) is 7.82. The number of carbonyl (C=O) groups is 1. The third kappa shape index (κ3) is 5.33. The van der Waals surface area contributed by atoms with Crippen LogP contribution in [0, 0.1) is 0 Å². The Kier molecular flexibility index (Phi) is 6.71. The Morgan fingerprint density at radius 1 is 1.40 bits per heavy atom. The van der Waals surface area contributed by atoms with Gasteiger partial charge in [0, 0.05) is 0 Å². The Balaban J connectivity index is 2.76. The number of aliphatic hydroxyl groups excluding tert-OH is 1. The minimum absolute atomic E-state index is 0.0916. The van der Waals surface area contributed by atoms with E-state index in [-0.39, 0.29) is 19.4 Å². The molecule has 0 spiro atoms. The van der Waals surface area contributed by atoms with Gasteiger partial charge in [0.25, 0.3) is 0 Å². The number of carbonyl (C=O) groups excluding carboxylic acids is 1. The Hall–Kier alpha value is -1.36. The molecule has 0 aliphatic carbocycles. The van der Waals surface area contributed by atoms with Gasteiger partial charge in [-0.2, -0.15) is 0 Å². The Bertz CT molecular complexity index is 465. The van der Waals surface area contributed by atoms with E-state index in [0.717, 1.165) is 0 Å². The summed E-state index contributed by atoms with van der Waals surface area (Å²) >= 11 is 0. The SMILES string of the molecule is CCOC(=O)C(C)NP(=O)(CCO)Oc1ccccc1. The molecule has 0 heterocycles. The summed E-state index contributed by atoms with van der Waals surface area (Å²) in [6.45, 7) is 3.16. The van der Waals surface area contributed by atoms with E-state index in [4.69, 9.17) is 14.4 Å². The Labute approximate surface area is 118 Å². The fourth-order valence-corrected chi connectivity index (χ4v) is 3.23. The molecule has 2 unspecified atom stereocenters. The molecule has 7 heteroatoms. The maximum Gasteiger partial charge on any atom is 0.323 e. The largest absolute Gasteiger partial charge is 0.465 e. The first-order valence-electron chi connectivity index (χ1n) is 6.39. The second-order valence-electron chi connectivity index (χ2n) is 4.13. The van der Waals surface area contributed by atoms with Gasteiger partial charge in [0.1, 0.15) is 11.8 Å². The molecule has 2 N–H and O–H groups in total.